The zero-order valence-corrected chi connectivity index (χ0v) is 8.61. The average molecular weight is 252 g/mol. The van der Waals surface area contributed by atoms with E-state index in [1.807, 2.05) is 0 Å². The molecule has 1 aromatic rings. The summed E-state index contributed by atoms with van der Waals surface area (Å²) in [6, 6.07) is 2.46. The first kappa shape index (κ1) is 11.2. The highest BCUT2D eigenvalue weighted by Crippen LogP contribution is 2.34. The van der Waals surface area contributed by atoms with Crippen molar-refractivity contribution < 1.29 is 21.6 Å². The number of sulfonamides is 1. The van der Waals surface area contributed by atoms with Crippen LogP contribution in [0.4, 0.5) is 18.9 Å². The van der Waals surface area contributed by atoms with Crippen LogP contribution in [0.1, 0.15) is 5.56 Å². The largest absolute Gasteiger partial charge is 0.416 e. The first-order chi connectivity index (χ1) is 7.31. The Bertz CT molecular complexity index is 525. The summed E-state index contributed by atoms with van der Waals surface area (Å²) in [5.41, 5.74) is -0.913. The topological polar surface area (TPSA) is 58.2 Å². The minimum atomic E-state index is -4.48. The van der Waals surface area contributed by atoms with Crippen LogP contribution >= 0.6 is 0 Å². The van der Waals surface area contributed by atoms with E-state index in [2.05, 4.69) is 10.0 Å². The van der Waals surface area contributed by atoms with Gasteiger partial charge in [-0.15, -0.1) is 0 Å². The van der Waals surface area contributed by atoms with Crippen LogP contribution in [-0.2, 0) is 16.2 Å². The van der Waals surface area contributed by atoms with E-state index in [4.69, 9.17) is 0 Å². The molecule has 0 aromatic heterocycles. The fourth-order valence-corrected chi connectivity index (χ4v) is 2.47. The zero-order valence-electron chi connectivity index (χ0n) is 7.80. The molecule has 4 nitrogen and oxygen atoms in total. The lowest BCUT2D eigenvalue weighted by molar-refractivity contribution is -0.137. The van der Waals surface area contributed by atoms with Gasteiger partial charge in [-0.2, -0.15) is 17.9 Å². The van der Waals surface area contributed by atoms with Crippen molar-refractivity contribution in [1.82, 2.24) is 4.72 Å². The highest BCUT2D eigenvalue weighted by molar-refractivity contribution is 7.89. The lowest BCUT2D eigenvalue weighted by atomic mass is 10.2. The highest BCUT2D eigenvalue weighted by atomic mass is 32.2. The second-order valence-electron chi connectivity index (χ2n) is 3.21. The van der Waals surface area contributed by atoms with Crippen LogP contribution in [0, 0.1) is 0 Å². The molecule has 1 aromatic carbocycles. The summed E-state index contributed by atoms with van der Waals surface area (Å²) in [6.07, 6.45) is -4.48. The van der Waals surface area contributed by atoms with Crippen LogP contribution < -0.4 is 10.0 Å². The third kappa shape index (κ3) is 1.85. The molecule has 0 atom stereocenters. The number of anilines is 1. The smallest absolute Gasteiger partial charge is 0.370 e. The molecule has 0 spiro atoms. The molecular formula is C8H7F3N2O2S. The molecule has 1 heterocycles. The second-order valence-corrected chi connectivity index (χ2v) is 4.95. The summed E-state index contributed by atoms with van der Waals surface area (Å²) in [4.78, 5) is -0.174. The standard InChI is InChI=1S/C8H7F3N2O2S/c9-8(10,11)5-1-2-7-6(3-5)12-4-13-16(7,14)15/h1-3,12-13H,4H2. The summed E-state index contributed by atoms with van der Waals surface area (Å²) in [7, 11) is -3.68. The van der Waals surface area contributed by atoms with Gasteiger partial charge in [0.2, 0.25) is 10.0 Å². The van der Waals surface area contributed by atoms with Crippen molar-refractivity contribution in [2.24, 2.45) is 0 Å². The SMILES string of the molecule is O=S1(=O)NCNc2cc(C(F)(F)F)ccc21. The summed E-state index contributed by atoms with van der Waals surface area (Å²) < 4.78 is 62.0. The second kappa shape index (κ2) is 3.36. The van der Waals surface area contributed by atoms with Gasteiger partial charge >= 0.3 is 6.18 Å². The molecule has 0 radical (unpaired) electrons. The third-order valence-corrected chi connectivity index (χ3v) is 3.60. The third-order valence-electron chi connectivity index (χ3n) is 2.14. The Morgan fingerprint density at radius 2 is 1.94 bits per heavy atom. The van der Waals surface area contributed by atoms with Gasteiger partial charge in [-0.25, -0.2) is 8.42 Å². The number of hydrogen-bond donors (Lipinski definition) is 2. The van der Waals surface area contributed by atoms with Crippen LogP contribution in [0.15, 0.2) is 23.1 Å². The van der Waals surface area contributed by atoms with Crippen LogP contribution in [0.25, 0.3) is 0 Å². The Balaban J connectivity index is 2.57. The molecule has 1 aliphatic rings. The van der Waals surface area contributed by atoms with Gasteiger partial charge in [0.15, 0.2) is 0 Å². The molecule has 2 rings (SSSR count). The maximum absolute atomic E-state index is 12.4. The fraction of sp³-hybridized carbons (Fsp3) is 0.250. The summed E-state index contributed by atoms with van der Waals surface area (Å²) in [5.74, 6) is 0. The lowest BCUT2D eigenvalue weighted by Crippen LogP contribution is -2.34. The van der Waals surface area contributed by atoms with Crippen molar-refractivity contribution in [3.8, 4) is 0 Å². The molecule has 0 amide bonds. The summed E-state index contributed by atoms with van der Waals surface area (Å²) in [6.45, 7) is -0.114. The predicted molar refractivity (Wildman–Crippen MR) is 50.3 cm³/mol. The van der Waals surface area contributed by atoms with Crippen LogP contribution in [0.3, 0.4) is 0 Å². The van der Waals surface area contributed by atoms with Gasteiger partial charge in [-0.3, -0.25) is 0 Å². The van der Waals surface area contributed by atoms with Gasteiger partial charge in [0.1, 0.15) is 4.90 Å². The molecule has 88 valence electrons. The van der Waals surface area contributed by atoms with E-state index in [1.165, 1.54) is 0 Å². The van der Waals surface area contributed by atoms with Gasteiger partial charge < -0.3 is 5.32 Å². The first-order valence-corrected chi connectivity index (χ1v) is 5.74. The number of fused-ring (bicyclic) bond motifs is 1. The molecule has 2 N–H and O–H groups in total. The Morgan fingerprint density at radius 1 is 1.25 bits per heavy atom. The fourth-order valence-electron chi connectivity index (χ4n) is 1.38. The molecule has 0 aliphatic carbocycles. The molecular weight excluding hydrogens is 245 g/mol. The Hall–Kier alpha value is -1.28. The number of alkyl halides is 3. The van der Waals surface area contributed by atoms with Gasteiger partial charge in [0, 0.05) is 0 Å². The van der Waals surface area contributed by atoms with Gasteiger partial charge in [0.05, 0.1) is 17.9 Å². The molecule has 0 unspecified atom stereocenters. The van der Waals surface area contributed by atoms with Crippen molar-refractivity contribution in [2.45, 2.75) is 11.1 Å². The van der Waals surface area contributed by atoms with Crippen LogP contribution in [0.2, 0.25) is 0 Å². The van der Waals surface area contributed by atoms with E-state index >= 15 is 0 Å². The molecule has 0 bridgehead atoms. The van der Waals surface area contributed by atoms with Gasteiger partial charge in [-0.1, -0.05) is 0 Å². The molecule has 16 heavy (non-hydrogen) atoms. The Kier molecular flexibility index (Phi) is 2.35. The van der Waals surface area contributed by atoms with E-state index in [0.29, 0.717) is 0 Å². The van der Waals surface area contributed by atoms with E-state index in [-0.39, 0.29) is 17.3 Å². The van der Waals surface area contributed by atoms with Crippen molar-refractivity contribution >= 4 is 15.7 Å². The molecule has 0 fully saturated rings. The quantitative estimate of drug-likeness (QED) is 0.733. The van der Waals surface area contributed by atoms with E-state index in [1.54, 1.807) is 0 Å². The zero-order chi connectivity index (χ0) is 12.0. The van der Waals surface area contributed by atoms with E-state index in [0.717, 1.165) is 18.2 Å². The van der Waals surface area contributed by atoms with Crippen molar-refractivity contribution in [1.29, 1.82) is 0 Å². The van der Waals surface area contributed by atoms with Gasteiger partial charge in [-0.05, 0) is 18.2 Å². The molecule has 0 saturated heterocycles. The normalized spacial score (nSPS) is 18.7. The van der Waals surface area contributed by atoms with Crippen molar-refractivity contribution in [3.05, 3.63) is 23.8 Å². The number of nitrogens with one attached hydrogen (secondary N) is 2. The molecule has 8 heteroatoms. The van der Waals surface area contributed by atoms with Crippen LogP contribution in [0.5, 0.6) is 0 Å². The van der Waals surface area contributed by atoms with E-state index < -0.39 is 21.8 Å². The minimum absolute atomic E-state index is 0.0337. The average Bonchev–Trinajstić information content (AvgIpc) is 2.15. The van der Waals surface area contributed by atoms with Crippen molar-refractivity contribution in [2.75, 3.05) is 12.0 Å². The Morgan fingerprint density at radius 3 is 2.56 bits per heavy atom. The maximum Gasteiger partial charge on any atom is 0.416 e. The lowest BCUT2D eigenvalue weighted by Gasteiger charge is -2.20. The number of benzene rings is 1. The number of halogens is 3. The van der Waals surface area contributed by atoms with Gasteiger partial charge in [0.25, 0.3) is 0 Å². The van der Waals surface area contributed by atoms with Crippen LogP contribution in [-0.4, -0.2) is 15.1 Å². The highest BCUT2D eigenvalue weighted by Gasteiger charge is 2.33. The molecule has 0 saturated carbocycles. The minimum Gasteiger partial charge on any atom is -0.370 e. The monoisotopic (exact) mass is 252 g/mol. The number of hydrogen-bond acceptors (Lipinski definition) is 3. The van der Waals surface area contributed by atoms with E-state index in [9.17, 15) is 21.6 Å². The first-order valence-electron chi connectivity index (χ1n) is 4.25. The molecule has 1 aliphatic heterocycles. The predicted octanol–water partition coefficient (Wildman–Crippen LogP) is 1.37. The summed E-state index contributed by atoms with van der Waals surface area (Å²) in [5, 5.41) is 2.54. The maximum atomic E-state index is 12.4. The Labute approximate surface area is 89.5 Å². The number of rotatable bonds is 0. The summed E-state index contributed by atoms with van der Waals surface area (Å²) >= 11 is 0. The van der Waals surface area contributed by atoms with Crippen molar-refractivity contribution in [3.63, 3.8) is 0 Å².